The molecule has 4 heteroatoms. The SMILES string of the molecule is CC(CNN)c1ccc(Cl)c(Cl)c1. The van der Waals surface area contributed by atoms with E-state index in [4.69, 9.17) is 29.0 Å². The Morgan fingerprint density at radius 3 is 2.62 bits per heavy atom. The van der Waals surface area contributed by atoms with Gasteiger partial charge in [0, 0.05) is 6.54 Å². The van der Waals surface area contributed by atoms with Crippen LogP contribution in [0.1, 0.15) is 18.4 Å². The highest BCUT2D eigenvalue weighted by molar-refractivity contribution is 6.42. The molecule has 0 aliphatic carbocycles. The number of hydrogen-bond donors (Lipinski definition) is 2. The predicted molar refractivity (Wildman–Crippen MR) is 57.1 cm³/mol. The van der Waals surface area contributed by atoms with Crippen molar-refractivity contribution in [2.45, 2.75) is 12.8 Å². The van der Waals surface area contributed by atoms with Crippen LogP contribution >= 0.6 is 23.2 Å². The van der Waals surface area contributed by atoms with Gasteiger partial charge in [-0.25, -0.2) is 0 Å². The summed E-state index contributed by atoms with van der Waals surface area (Å²) in [7, 11) is 0. The molecule has 13 heavy (non-hydrogen) atoms. The molecule has 0 radical (unpaired) electrons. The quantitative estimate of drug-likeness (QED) is 0.605. The summed E-state index contributed by atoms with van der Waals surface area (Å²) in [4.78, 5) is 0. The second-order valence-electron chi connectivity index (χ2n) is 2.98. The molecule has 0 amide bonds. The summed E-state index contributed by atoms with van der Waals surface area (Å²) in [5, 5.41) is 1.17. The second kappa shape index (κ2) is 4.82. The molecule has 1 aromatic rings. The van der Waals surface area contributed by atoms with Crippen LogP contribution in [0.2, 0.25) is 10.0 Å². The highest BCUT2D eigenvalue weighted by atomic mass is 35.5. The first-order valence-corrected chi connectivity index (χ1v) is 4.79. The Hall–Kier alpha value is -0.280. The maximum absolute atomic E-state index is 5.87. The van der Waals surface area contributed by atoms with E-state index in [-0.39, 0.29) is 0 Å². The lowest BCUT2D eigenvalue weighted by molar-refractivity contribution is 0.640. The molecule has 0 saturated carbocycles. The maximum Gasteiger partial charge on any atom is 0.0595 e. The fraction of sp³-hybridized carbons (Fsp3) is 0.333. The van der Waals surface area contributed by atoms with E-state index in [0.29, 0.717) is 16.0 Å². The summed E-state index contributed by atoms with van der Waals surface area (Å²) < 4.78 is 0. The maximum atomic E-state index is 5.87. The zero-order chi connectivity index (χ0) is 9.84. The van der Waals surface area contributed by atoms with Crippen molar-refractivity contribution < 1.29 is 0 Å². The first-order valence-electron chi connectivity index (χ1n) is 4.03. The van der Waals surface area contributed by atoms with Crippen LogP contribution in [0.4, 0.5) is 0 Å². The molecular weight excluding hydrogens is 207 g/mol. The Morgan fingerprint density at radius 1 is 1.38 bits per heavy atom. The Bertz CT molecular complexity index is 289. The Balaban J connectivity index is 2.84. The van der Waals surface area contributed by atoms with Crippen molar-refractivity contribution >= 4 is 23.2 Å². The molecule has 3 N–H and O–H groups in total. The van der Waals surface area contributed by atoms with Crippen LogP contribution in [0.5, 0.6) is 0 Å². The summed E-state index contributed by atoms with van der Waals surface area (Å²) in [5.41, 5.74) is 3.76. The van der Waals surface area contributed by atoms with Crippen molar-refractivity contribution in [3.05, 3.63) is 33.8 Å². The first kappa shape index (κ1) is 10.8. The highest BCUT2D eigenvalue weighted by Gasteiger charge is 2.06. The fourth-order valence-corrected chi connectivity index (χ4v) is 1.42. The lowest BCUT2D eigenvalue weighted by Crippen LogP contribution is -2.26. The van der Waals surface area contributed by atoms with Gasteiger partial charge in [0.15, 0.2) is 0 Å². The van der Waals surface area contributed by atoms with Crippen LogP contribution in [0, 0.1) is 0 Å². The topological polar surface area (TPSA) is 38.0 Å². The van der Waals surface area contributed by atoms with Gasteiger partial charge in [-0.05, 0) is 23.6 Å². The minimum Gasteiger partial charge on any atom is -0.271 e. The molecule has 0 saturated heterocycles. The van der Waals surface area contributed by atoms with E-state index in [9.17, 15) is 0 Å². The normalized spacial score (nSPS) is 12.9. The number of hydrazine groups is 1. The van der Waals surface area contributed by atoms with Crippen LogP contribution in [0.25, 0.3) is 0 Å². The fourth-order valence-electron chi connectivity index (χ4n) is 1.11. The van der Waals surface area contributed by atoms with Crippen molar-refractivity contribution in [1.82, 2.24) is 5.43 Å². The third kappa shape index (κ3) is 2.85. The van der Waals surface area contributed by atoms with E-state index in [1.807, 2.05) is 12.1 Å². The summed E-state index contributed by atoms with van der Waals surface area (Å²) in [6.07, 6.45) is 0. The van der Waals surface area contributed by atoms with Crippen molar-refractivity contribution in [2.75, 3.05) is 6.54 Å². The van der Waals surface area contributed by atoms with Crippen molar-refractivity contribution in [3.63, 3.8) is 0 Å². The van der Waals surface area contributed by atoms with Crippen LogP contribution < -0.4 is 11.3 Å². The first-order chi connectivity index (χ1) is 6.15. The summed E-state index contributed by atoms with van der Waals surface area (Å²) >= 11 is 11.7. The van der Waals surface area contributed by atoms with E-state index in [1.54, 1.807) is 6.07 Å². The number of benzene rings is 1. The third-order valence-corrected chi connectivity index (χ3v) is 2.68. The van der Waals surface area contributed by atoms with Crippen LogP contribution in [-0.2, 0) is 0 Å². The van der Waals surface area contributed by atoms with Gasteiger partial charge in [0.05, 0.1) is 10.0 Å². The molecule has 1 aromatic carbocycles. The lowest BCUT2D eigenvalue weighted by atomic mass is 10.0. The van der Waals surface area contributed by atoms with E-state index in [2.05, 4.69) is 12.3 Å². The van der Waals surface area contributed by atoms with Gasteiger partial charge >= 0.3 is 0 Å². The summed E-state index contributed by atoms with van der Waals surface area (Å²) in [6, 6.07) is 5.62. The van der Waals surface area contributed by atoms with E-state index < -0.39 is 0 Å². The van der Waals surface area contributed by atoms with Crippen LogP contribution in [0.15, 0.2) is 18.2 Å². The Kier molecular flexibility index (Phi) is 4.00. The summed E-state index contributed by atoms with van der Waals surface area (Å²) in [6.45, 7) is 2.79. The molecule has 0 heterocycles. The third-order valence-electron chi connectivity index (χ3n) is 1.94. The lowest BCUT2D eigenvalue weighted by Gasteiger charge is -2.11. The molecule has 0 aliphatic heterocycles. The molecular formula is C9H12Cl2N2. The van der Waals surface area contributed by atoms with Crippen LogP contribution in [0.3, 0.4) is 0 Å². The van der Waals surface area contributed by atoms with E-state index in [0.717, 1.165) is 12.1 Å². The van der Waals surface area contributed by atoms with Gasteiger partial charge in [0.25, 0.3) is 0 Å². The molecule has 0 aliphatic rings. The number of rotatable bonds is 3. The molecule has 1 rings (SSSR count). The average molecular weight is 219 g/mol. The largest absolute Gasteiger partial charge is 0.271 e. The zero-order valence-corrected chi connectivity index (χ0v) is 8.86. The van der Waals surface area contributed by atoms with Crippen LogP contribution in [-0.4, -0.2) is 6.54 Å². The monoisotopic (exact) mass is 218 g/mol. The van der Waals surface area contributed by atoms with Crippen molar-refractivity contribution in [1.29, 1.82) is 0 Å². The molecule has 0 fully saturated rings. The molecule has 1 atom stereocenters. The molecule has 1 unspecified atom stereocenters. The molecule has 0 spiro atoms. The average Bonchev–Trinajstić information content (AvgIpc) is 2.10. The smallest absolute Gasteiger partial charge is 0.0595 e. The molecule has 2 nitrogen and oxygen atoms in total. The van der Waals surface area contributed by atoms with Gasteiger partial charge in [-0.2, -0.15) is 0 Å². The van der Waals surface area contributed by atoms with Crippen molar-refractivity contribution in [3.8, 4) is 0 Å². The van der Waals surface area contributed by atoms with Gasteiger partial charge in [-0.1, -0.05) is 36.2 Å². The Morgan fingerprint density at radius 2 is 2.08 bits per heavy atom. The zero-order valence-electron chi connectivity index (χ0n) is 7.35. The van der Waals surface area contributed by atoms with Gasteiger partial charge in [0.2, 0.25) is 0 Å². The molecule has 0 aromatic heterocycles. The molecule has 0 bridgehead atoms. The number of nitrogens with two attached hydrogens (primary N) is 1. The van der Waals surface area contributed by atoms with Gasteiger partial charge < -0.3 is 0 Å². The standard InChI is InChI=1S/C9H12Cl2N2/c1-6(5-13-12)7-2-3-8(10)9(11)4-7/h2-4,6,13H,5,12H2,1H3. The number of halogens is 2. The minimum atomic E-state index is 0.333. The predicted octanol–water partition coefficient (Wildman–Crippen LogP) is 2.56. The van der Waals surface area contributed by atoms with E-state index in [1.165, 1.54) is 0 Å². The minimum absolute atomic E-state index is 0.333. The van der Waals surface area contributed by atoms with E-state index >= 15 is 0 Å². The Labute approximate surface area is 88.0 Å². The number of nitrogens with one attached hydrogen (secondary N) is 1. The van der Waals surface area contributed by atoms with Crippen molar-refractivity contribution in [2.24, 2.45) is 5.84 Å². The highest BCUT2D eigenvalue weighted by Crippen LogP contribution is 2.25. The summed E-state index contributed by atoms with van der Waals surface area (Å²) in [5.74, 6) is 5.56. The molecule has 72 valence electrons. The van der Waals surface area contributed by atoms with Gasteiger partial charge in [-0.3, -0.25) is 11.3 Å². The number of hydrogen-bond acceptors (Lipinski definition) is 2. The van der Waals surface area contributed by atoms with Gasteiger partial charge in [-0.15, -0.1) is 0 Å². The van der Waals surface area contributed by atoms with Gasteiger partial charge in [0.1, 0.15) is 0 Å². The second-order valence-corrected chi connectivity index (χ2v) is 3.80.